The molecule has 0 atom stereocenters. The van der Waals surface area contributed by atoms with Gasteiger partial charge in [-0.25, -0.2) is 9.36 Å². The number of hydrogen-bond acceptors (Lipinski definition) is 5. The molecule has 1 fully saturated rings. The summed E-state index contributed by atoms with van der Waals surface area (Å²) in [5.74, 6) is 1.11. The van der Waals surface area contributed by atoms with Gasteiger partial charge in [-0.05, 0) is 42.5 Å². The van der Waals surface area contributed by atoms with Crippen LogP contribution < -0.4 is 25.8 Å². The lowest BCUT2D eigenvalue weighted by atomic mass is 10.2. The maximum absolute atomic E-state index is 13.0. The number of methoxy groups -OCH3 is 1. The van der Waals surface area contributed by atoms with E-state index in [2.05, 4.69) is 9.88 Å². The van der Waals surface area contributed by atoms with Crippen molar-refractivity contribution in [1.29, 1.82) is 0 Å². The molecule has 1 N–H and O–H groups in total. The predicted octanol–water partition coefficient (Wildman–Crippen LogP) is 2.88. The molecule has 3 aromatic rings. The summed E-state index contributed by atoms with van der Waals surface area (Å²) in [4.78, 5) is 31.9. The van der Waals surface area contributed by atoms with E-state index in [0.29, 0.717) is 36.6 Å². The number of aromatic nitrogens is 2. The number of rotatable bonds is 4. The van der Waals surface area contributed by atoms with Crippen LogP contribution in [0.3, 0.4) is 0 Å². The number of halogens is 3. The van der Waals surface area contributed by atoms with Gasteiger partial charge in [0.1, 0.15) is 11.6 Å². The highest BCUT2D eigenvalue weighted by Gasteiger charge is 2.30. The van der Waals surface area contributed by atoms with E-state index in [4.69, 9.17) is 4.74 Å². The summed E-state index contributed by atoms with van der Waals surface area (Å²) < 4.78 is 44.9. The van der Waals surface area contributed by atoms with Gasteiger partial charge in [0.15, 0.2) is 0 Å². The topological polar surface area (TPSA) is 70.6 Å². The fourth-order valence-corrected chi connectivity index (χ4v) is 3.72. The summed E-state index contributed by atoms with van der Waals surface area (Å²) in [6.07, 6.45) is -4.57. The number of hydrogen-bond donors (Lipinski definition) is 1. The molecule has 32 heavy (non-hydrogen) atoms. The van der Waals surface area contributed by atoms with E-state index < -0.39 is 23.0 Å². The van der Waals surface area contributed by atoms with Gasteiger partial charge >= 0.3 is 11.9 Å². The van der Waals surface area contributed by atoms with E-state index in [1.807, 2.05) is 29.2 Å². The van der Waals surface area contributed by atoms with Crippen molar-refractivity contribution in [3.8, 4) is 11.4 Å². The number of piperazine rings is 1. The number of anilines is 2. The second-order valence-electron chi connectivity index (χ2n) is 7.35. The Morgan fingerprint density at radius 3 is 2.12 bits per heavy atom. The van der Waals surface area contributed by atoms with Crippen LogP contribution >= 0.6 is 0 Å². The quantitative estimate of drug-likeness (QED) is 0.668. The first-order valence-corrected chi connectivity index (χ1v) is 9.94. The predicted molar refractivity (Wildman–Crippen MR) is 115 cm³/mol. The smallest absolute Gasteiger partial charge is 0.416 e. The summed E-state index contributed by atoms with van der Waals surface area (Å²) in [5, 5.41) is 0. The third kappa shape index (κ3) is 4.34. The van der Waals surface area contributed by atoms with E-state index in [-0.39, 0.29) is 5.69 Å². The van der Waals surface area contributed by atoms with Crippen LogP contribution in [0.1, 0.15) is 5.56 Å². The monoisotopic (exact) mass is 446 g/mol. The third-order valence-electron chi connectivity index (χ3n) is 5.41. The fraction of sp³-hybridized carbons (Fsp3) is 0.273. The van der Waals surface area contributed by atoms with E-state index in [1.165, 1.54) is 12.1 Å². The van der Waals surface area contributed by atoms with Gasteiger partial charge in [-0.2, -0.15) is 13.2 Å². The molecule has 0 unspecified atom stereocenters. The molecule has 0 saturated carbocycles. The Kier molecular flexibility index (Phi) is 5.68. The lowest BCUT2D eigenvalue weighted by Gasteiger charge is -2.37. The van der Waals surface area contributed by atoms with Crippen molar-refractivity contribution in [2.75, 3.05) is 43.1 Å². The van der Waals surface area contributed by atoms with Gasteiger partial charge in [0.2, 0.25) is 0 Å². The number of benzene rings is 2. The summed E-state index contributed by atoms with van der Waals surface area (Å²) >= 11 is 0. The minimum atomic E-state index is -4.57. The highest BCUT2D eigenvalue weighted by atomic mass is 19.4. The Hall–Kier alpha value is -3.69. The lowest BCUT2D eigenvalue weighted by molar-refractivity contribution is -0.137. The zero-order valence-electron chi connectivity index (χ0n) is 17.2. The Morgan fingerprint density at radius 2 is 1.53 bits per heavy atom. The normalized spacial score (nSPS) is 14.5. The van der Waals surface area contributed by atoms with Gasteiger partial charge in [0.25, 0.3) is 5.56 Å². The Morgan fingerprint density at radius 1 is 0.875 bits per heavy atom. The van der Waals surface area contributed by atoms with E-state index in [9.17, 15) is 22.8 Å². The van der Waals surface area contributed by atoms with Crippen LogP contribution in [-0.4, -0.2) is 42.8 Å². The first-order valence-electron chi connectivity index (χ1n) is 9.94. The van der Waals surface area contributed by atoms with Crippen molar-refractivity contribution in [2.45, 2.75) is 6.18 Å². The van der Waals surface area contributed by atoms with Crippen LogP contribution in [0.5, 0.6) is 5.75 Å². The minimum absolute atomic E-state index is 0.137. The molecule has 0 spiro atoms. The molecule has 0 radical (unpaired) electrons. The third-order valence-corrected chi connectivity index (χ3v) is 5.41. The van der Waals surface area contributed by atoms with Crippen LogP contribution in [0.4, 0.5) is 24.7 Å². The van der Waals surface area contributed by atoms with Crippen LogP contribution in [0.2, 0.25) is 0 Å². The van der Waals surface area contributed by atoms with Crippen LogP contribution in [-0.2, 0) is 6.18 Å². The zero-order chi connectivity index (χ0) is 22.9. The maximum Gasteiger partial charge on any atom is 0.416 e. The molecule has 1 saturated heterocycles. The van der Waals surface area contributed by atoms with Crippen molar-refractivity contribution < 1.29 is 17.9 Å². The van der Waals surface area contributed by atoms with Gasteiger partial charge in [0, 0.05) is 37.9 Å². The minimum Gasteiger partial charge on any atom is -0.497 e. The van der Waals surface area contributed by atoms with Crippen LogP contribution in [0.25, 0.3) is 5.69 Å². The van der Waals surface area contributed by atoms with Crippen LogP contribution in [0.15, 0.2) is 64.2 Å². The molecule has 2 heterocycles. The Labute approximate surface area is 181 Å². The number of nitrogens with one attached hydrogen (secondary N) is 1. The van der Waals surface area contributed by atoms with E-state index >= 15 is 0 Å². The Bertz CT molecular complexity index is 1180. The average Bonchev–Trinajstić information content (AvgIpc) is 2.78. The standard InChI is InChI=1S/C22H21F3N4O3/c1-32-18-7-5-16(6-8-18)27-9-11-28(12-10-27)19-14-20(30)29(21(31)26-19)17-4-2-3-15(13-17)22(23,24)25/h2-8,13-14H,9-12H2,1H3,(H,26,31). The number of alkyl halides is 3. The largest absolute Gasteiger partial charge is 0.497 e. The number of ether oxygens (including phenoxy) is 1. The first kappa shape index (κ1) is 21.5. The summed E-state index contributed by atoms with van der Waals surface area (Å²) in [7, 11) is 1.61. The van der Waals surface area contributed by atoms with Gasteiger partial charge in [-0.3, -0.25) is 9.78 Å². The summed E-state index contributed by atoms with van der Waals surface area (Å²) in [5.41, 5.74) is -1.51. The molecule has 0 bridgehead atoms. The van der Waals surface area contributed by atoms with E-state index in [0.717, 1.165) is 29.6 Å². The molecule has 1 aliphatic rings. The first-order chi connectivity index (χ1) is 15.3. The summed E-state index contributed by atoms with van der Waals surface area (Å²) in [6, 6.07) is 13.1. The molecule has 168 valence electrons. The fourth-order valence-electron chi connectivity index (χ4n) is 3.72. The molecule has 0 amide bonds. The molecule has 0 aliphatic carbocycles. The molecule has 10 heteroatoms. The van der Waals surface area contributed by atoms with Crippen molar-refractivity contribution in [3.63, 3.8) is 0 Å². The second kappa shape index (κ2) is 8.45. The highest BCUT2D eigenvalue weighted by molar-refractivity contribution is 5.51. The van der Waals surface area contributed by atoms with Crippen molar-refractivity contribution >= 4 is 11.5 Å². The van der Waals surface area contributed by atoms with Gasteiger partial charge in [-0.15, -0.1) is 0 Å². The molecular weight excluding hydrogens is 425 g/mol. The average molecular weight is 446 g/mol. The molecular formula is C22H21F3N4O3. The van der Waals surface area contributed by atoms with Gasteiger partial charge in [-0.1, -0.05) is 6.07 Å². The van der Waals surface area contributed by atoms with Crippen molar-refractivity contribution in [1.82, 2.24) is 9.55 Å². The molecule has 1 aromatic heterocycles. The molecule has 2 aromatic carbocycles. The SMILES string of the molecule is COc1ccc(N2CCN(c3cc(=O)n(-c4cccc(C(F)(F)F)c4)c(=O)[nH]3)CC2)cc1. The molecule has 1 aliphatic heterocycles. The van der Waals surface area contributed by atoms with Crippen LogP contribution in [0, 0.1) is 0 Å². The summed E-state index contributed by atoms with van der Waals surface area (Å²) in [6.45, 7) is 2.47. The molecule has 7 nitrogen and oxygen atoms in total. The maximum atomic E-state index is 13.0. The number of nitrogens with zero attached hydrogens (tertiary/aromatic N) is 3. The lowest BCUT2D eigenvalue weighted by Crippen LogP contribution is -2.48. The zero-order valence-corrected chi connectivity index (χ0v) is 17.2. The van der Waals surface area contributed by atoms with Gasteiger partial charge in [0.05, 0.1) is 18.4 Å². The van der Waals surface area contributed by atoms with E-state index in [1.54, 1.807) is 7.11 Å². The van der Waals surface area contributed by atoms with Crippen molar-refractivity contribution in [3.05, 3.63) is 81.0 Å². The van der Waals surface area contributed by atoms with Crippen molar-refractivity contribution in [2.24, 2.45) is 0 Å². The molecule has 4 rings (SSSR count). The Balaban J connectivity index is 1.53. The number of aromatic amines is 1. The second-order valence-corrected chi connectivity index (χ2v) is 7.35. The highest BCUT2D eigenvalue weighted by Crippen LogP contribution is 2.30. The number of H-pyrrole nitrogens is 1. The van der Waals surface area contributed by atoms with Gasteiger partial charge < -0.3 is 14.5 Å².